The minimum atomic E-state index is 0.725. The Morgan fingerprint density at radius 3 is 2.52 bits per heavy atom. The van der Waals surface area contributed by atoms with Crippen LogP contribution in [0.2, 0.25) is 0 Å². The molecule has 1 aromatic rings. The number of benzene rings is 1. The van der Waals surface area contributed by atoms with Crippen LogP contribution in [0.15, 0.2) is 29.3 Å². The summed E-state index contributed by atoms with van der Waals surface area (Å²) in [7, 11) is 1.89. The average Bonchev–Trinajstić information content (AvgIpc) is 2.62. The second-order valence-electron chi connectivity index (χ2n) is 7.48. The molecule has 5 heteroatoms. The van der Waals surface area contributed by atoms with Gasteiger partial charge in [-0.25, -0.2) is 0 Å². The number of ether oxygens (including phenoxy) is 1. The van der Waals surface area contributed by atoms with E-state index in [9.17, 15) is 0 Å². The minimum absolute atomic E-state index is 0.725. The quantitative estimate of drug-likeness (QED) is 0.676. The van der Waals surface area contributed by atoms with Crippen LogP contribution in [0.5, 0.6) is 0 Å². The van der Waals surface area contributed by atoms with Gasteiger partial charge in [0.1, 0.15) is 0 Å². The summed E-state index contributed by atoms with van der Waals surface area (Å²) in [6.45, 7) is 11.2. The number of aliphatic imine (C=N–C) groups is 1. The fraction of sp³-hybridized carbons (Fsp3) is 0.650. The van der Waals surface area contributed by atoms with Crippen LogP contribution in [0.1, 0.15) is 25.8 Å². The third-order valence-corrected chi connectivity index (χ3v) is 5.16. The van der Waals surface area contributed by atoms with Gasteiger partial charge in [-0.2, -0.15) is 0 Å². The van der Waals surface area contributed by atoms with Crippen LogP contribution in [0, 0.1) is 11.8 Å². The zero-order chi connectivity index (χ0) is 17.6. The van der Waals surface area contributed by atoms with Crippen molar-refractivity contribution in [3.05, 3.63) is 29.8 Å². The molecule has 2 atom stereocenters. The molecule has 5 nitrogen and oxygen atoms in total. The Bertz CT molecular complexity index is 573. The standard InChI is InChI=1S/C20H32N4O/c1-16-12-17(2)15-24(14-16)20(21-3)22-13-18-6-4-5-7-19(18)23-8-10-25-11-9-23/h4-7,16-17H,8-15H2,1-3H3,(H,21,22). The fourth-order valence-electron chi connectivity index (χ4n) is 4.12. The lowest BCUT2D eigenvalue weighted by Crippen LogP contribution is -2.48. The van der Waals surface area contributed by atoms with Crippen LogP contribution in [-0.2, 0) is 11.3 Å². The van der Waals surface area contributed by atoms with Gasteiger partial charge in [-0.05, 0) is 29.9 Å². The summed E-state index contributed by atoms with van der Waals surface area (Å²) in [6, 6.07) is 8.68. The number of hydrogen-bond acceptors (Lipinski definition) is 3. The van der Waals surface area contributed by atoms with Crippen molar-refractivity contribution >= 4 is 11.6 Å². The van der Waals surface area contributed by atoms with Crippen molar-refractivity contribution in [3.8, 4) is 0 Å². The highest BCUT2D eigenvalue weighted by Crippen LogP contribution is 2.23. The molecule has 2 saturated heterocycles. The molecular weight excluding hydrogens is 312 g/mol. The van der Waals surface area contributed by atoms with Crippen molar-refractivity contribution < 1.29 is 4.74 Å². The second kappa shape index (κ2) is 8.56. The lowest BCUT2D eigenvalue weighted by atomic mass is 9.92. The van der Waals surface area contributed by atoms with E-state index in [0.717, 1.165) is 63.7 Å². The largest absolute Gasteiger partial charge is 0.378 e. The summed E-state index contributed by atoms with van der Waals surface area (Å²) in [4.78, 5) is 9.37. The van der Waals surface area contributed by atoms with Crippen molar-refractivity contribution in [2.75, 3.05) is 51.3 Å². The lowest BCUT2D eigenvalue weighted by Gasteiger charge is -2.37. The first kappa shape index (κ1) is 18.1. The predicted octanol–water partition coefficient (Wildman–Crippen LogP) is 2.58. The maximum absolute atomic E-state index is 5.49. The van der Waals surface area contributed by atoms with E-state index in [2.05, 4.69) is 58.2 Å². The number of anilines is 1. The molecule has 0 saturated carbocycles. The van der Waals surface area contributed by atoms with Crippen molar-refractivity contribution in [1.29, 1.82) is 0 Å². The zero-order valence-electron chi connectivity index (χ0n) is 15.9. The summed E-state index contributed by atoms with van der Waals surface area (Å²) < 4.78 is 5.49. The molecule has 0 radical (unpaired) electrons. The molecule has 1 aromatic carbocycles. The average molecular weight is 345 g/mol. The van der Waals surface area contributed by atoms with E-state index >= 15 is 0 Å². The van der Waals surface area contributed by atoms with E-state index in [-0.39, 0.29) is 0 Å². The lowest BCUT2D eigenvalue weighted by molar-refractivity contribution is 0.122. The normalized spacial score (nSPS) is 25.2. The molecular formula is C20H32N4O. The van der Waals surface area contributed by atoms with Crippen LogP contribution < -0.4 is 10.2 Å². The first-order valence-electron chi connectivity index (χ1n) is 9.53. The molecule has 25 heavy (non-hydrogen) atoms. The SMILES string of the molecule is CN=C(NCc1ccccc1N1CCOCC1)N1CC(C)CC(C)C1. The summed E-state index contributed by atoms with van der Waals surface area (Å²) in [6.07, 6.45) is 1.31. The van der Waals surface area contributed by atoms with Gasteiger partial charge in [0, 0.05) is 45.5 Å². The van der Waals surface area contributed by atoms with Crippen molar-refractivity contribution in [2.24, 2.45) is 16.8 Å². The molecule has 0 aromatic heterocycles. The van der Waals surface area contributed by atoms with E-state index in [0.29, 0.717) is 0 Å². The van der Waals surface area contributed by atoms with Crippen molar-refractivity contribution in [1.82, 2.24) is 10.2 Å². The molecule has 0 spiro atoms. The summed E-state index contributed by atoms with van der Waals surface area (Å²) in [5.41, 5.74) is 2.64. The van der Waals surface area contributed by atoms with Crippen molar-refractivity contribution in [3.63, 3.8) is 0 Å². The van der Waals surface area contributed by atoms with Crippen molar-refractivity contribution in [2.45, 2.75) is 26.8 Å². The number of guanidine groups is 1. The van der Waals surface area contributed by atoms with Crippen LogP contribution in [-0.4, -0.2) is 57.3 Å². The third kappa shape index (κ3) is 4.66. The summed E-state index contributed by atoms with van der Waals surface area (Å²) >= 11 is 0. The maximum atomic E-state index is 5.49. The van der Waals surface area contributed by atoms with E-state index in [1.165, 1.54) is 17.7 Å². The highest BCUT2D eigenvalue weighted by atomic mass is 16.5. The molecule has 2 aliphatic rings. The molecule has 0 bridgehead atoms. The summed E-state index contributed by atoms with van der Waals surface area (Å²) in [5.74, 6) is 2.47. The van der Waals surface area contributed by atoms with E-state index < -0.39 is 0 Å². The Morgan fingerprint density at radius 1 is 1.16 bits per heavy atom. The van der Waals surface area contributed by atoms with Gasteiger partial charge in [0.15, 0.2) is 5.96 Å². The van der Waals surface area contributed by atoms with Crippen LogP contribution >= 0.6 is 0 Å². The monoisotopic (exact) mass is 344 g/mol. The Hall–Kier alpha value is -1.75. The number of piperidine rings is 1. The van der Waals surface area contributed by atoms with Gasteiger partial charge in [0.05, 0.1) is 13.2 Å². The minimum Gasteiger partial charge on any atom is -0.378 e. The molecule has 138 valence electrons. The van der Waals surface area contributed by atoms with Crippen LogP contribution in [0.25, 0.3) is 0 Å². The number of hydrogen-bond donors (Lipinski definition) is 1. The number of likely N-dealkylation sites (tertiary alicyclic amines) is 1. The number of nitrogens with zero attached hydrogens (tertiary/aromatic N) is 3. The van der Waals surface area contributed by atoms with Gasteiger partial charge in [-0.15, -0.1) is 0 Å². The van der Waals surface area contributed by atoms with E-state index in [4.69, 9.17) is 4.74 Å². The second-order valence-corrected chi connectivity index (χ2v) is 7.48. The van der Waals surface area contributed by atoms with E-state index in [1.54, 1.807) is 0 Å². The molecule has 0 amide bonds. The zero-order valence-corrected chi connectivity index (χ0v) is 15.9. The summed E-state index contributed by atoms with van der Waals surface area (Å²) in [5, 5.41) is 3.59. The Balaban J connectivity index is 1.66. The van der Waals surface area contributed by atoms with Gasteiger partial charge in [-0.3, -0.25) is 4.99 Å². The molecule has 2 unspecified atom stereocenters. The highest BCUT2D eigenvalue weighted by Gasteiger charge is 2.24. The van der Waals surface area contributed by atoms with Gasteiger partial charge in [0.2, 0.25) is 0 Å². The predicted molar refractivity (Wildman–Crippen MR) is 104 cm³/mol. The van der Waals surface area contributed by atoms with Crippen LogP contribution in [0.3, 0.4) is 0 Å². The fourth-order valence-corrected chi connectivity index (χ4v) is 4.12. The molecule has 0 aliphatic carbocycles. The first-order chi connectivity index (χ1) is 12.2. The van der Waals surface area contributed by atoms with Gasteiger partial charge >= 0.3 is 0 Å². The maximum Gasteiger partial charge on any atom is 0.193 e. The Kier molecular flexibility index (Phi) is 6.19. The highest BCUT2D eigenvalue weighted by molar-refractivity contribution is 5.80. The van der Waals surface area contributed by atoms with Gasteiger partial charge in [-0.1, -0.05) is 32.0 Å². The Labute approximate surface area is 152 Å². The first-order valence-corrected chi connectivity index (χ1v) is 9.53. The van der Waals surface area contributed by atoms with E-state index in [1.807, 2.05) is 7.05 Å². The molecule has 1 N–H and O–H groups in total. The van der Waals surface area contributed by atoms with Gasteiger partial charge < -0.3 is 19.9 Å². The number of para-hydroxylation sites is 1. The van der Waals surface area contributed by atoms with Crippen LogP contribution in [0.4, 0.5) is 5.69 Å². The smallest absolute Gasteiger partial charge is 0.193 e. The third-order valence-electron chi connectivity index (χ3n) is 5.16. The number of nitrogens with one attached hydrogen (secondary N) is 1. The molecule has 3 rings (SSSR count). The van der Waals surface area contributed by atoms with Gasteiger partial charge in [0.25, 0.3) is 0 Å². The number of rotatable bonds is 3. The topological polar surface area (TPSA) is 40.1 Å². The molecule has 2 fully saturated rings. The molecule has 2 aliphatic heterocycles. The number of morpholine rings is 1. The Morgan fingerprint density at radius 2 is 1.84 bits per heavy atom. The molecule has 2 heterocycles.